The Labute approximate surface area is 543 Å². The number of alkyl halides is 1. The maximum atomic E-state index is 13.8. The molecule has 0 radical (unpaired) electrons. The molecule has 13 heteroatoms. The molecule has 3 N–H and O–H groups in total. The van der Waals surface area contributed by atoms with Crippen molar-refractivity contribution < 1.29 is 38.5 Å². The van der Waals surface area contributed by atoms with Gasteiger partial charge in [0.2, 0.25) is 0 Å². The SMILES string of the molecule is C[C@@]1(O)CC[C@H]2[C@H](CC[C@@H]3[C@@H]2CC[C@]2(C)[C@@H](C(=O)CBr)CC[C@@H]32)C1.C[C@@]1(O)CC[C@H]2[C@H](CC[C@@H]3[C@@H]2CC[C@]2(C)[C@@H](C(=O)Cn4cc5ccc(F)cc5n4)CC[C@@H]32)C1.C[C@@]1(O)CC[C@H]2[C@H](CC[C@@H]3[C@@H]2CC[C@]2(C)[C@@H](C(=O)Cn4ncc5ccc(F)cc54)CC[C@@H]32)C1. The van der Waals surface area contributed by atoms with E-state index in [9.17, 15) is 38.5 Å². The first-order chi connectivity index (χ1) is 42.8. The van der Waals surface area contributed by atoms with E-state index < -0.39 is 16.8 Å². The number of halogens is 3. The predicted molar refractivity (Wildman–Crippen MR) is 352 cm³/mol. The van der Waals surface area contributed by atoms with E-state index in [1.165, 1.54) is 121 Å². The fourth-order valence-corrected chi connectivity index (χ4v) is 26.1. The summed E-state index contributed by atoms with van der Waals surface area (Å²) >= 11 is 3.42. The normalized spacial score (nSPS) is 45.6. The lowest BCUT2D eigenvalue weighted by Gasteiger charge is -2.56. The van der Waals surface area contributed by atoms with E-state index in [0.717, 1.165) is 153 Å². The Kier molecular flexibility index (Phi) is 17.1. The van der Waals surface area contributed by atoms with Crippen molar-refractivity contribution in [3.63, 3.8) is 0 Å². The number of carbonyl (C=O) groups excluding carboxylic acids is 3. The largest absolute Gasteiger partial charge is 0.390 e. The van der Waals surface area contributed by atoms with Crippen LogP contribution in [0.15, 0.2) is 48.8 Å². The van der Waals surface area contributed by atoms with Gasteiger partial charge in [-0.15, -0.1) is 0 Å². The number of fused-ring (bicyclic) bond motifs is 17. The summed E-state index contributed by atoms with van der Waals surface area (Å²) in [6, 6.07) is 9.27. The van der Waals surface area contributed by atoms with E-state index in [1.807, 2.05) is 27.0 Å². The van der Waals surface area contributed by atoms with Crippen molar-refractivity contribution in [3.05, 3.63) is 60.4 Å². The van der Waals surface area contributed by atoms with Crippen LogP contribution in [0.3, 0.4) is 0 Å². The molecule has 24 atom stereocenters. The number of Topliss-reactive ketones (excluding diaryl/α,β-unsaturated/α-hetero) is 3. The Morgan fingerprint density at radius 1 is 0.478 bits per heavy atom. The standard InChI is InChI=1S/2C28H37FN2O2.C21H33BrO2/c1-27(33)11-9-20-17(14-27)4-6-22-21(20)10-12-28(2)23(22)7-8-24(28)26(32)16-31-15-18-3-5-19(29)13-25(18)30-31;1-27(33)11-9-20-17(14-27)4-6-22-21(20)10-12-28(2)23(22)7-8-24(28)26(32)16-31-25-13-19(29)5-3-18(25)15-30-31;1-20(24)9-7-14-13(11-20)3-4-16-15(14)8-10-21(2)17(16)5-6-18(21)19(23)12-22/h2*3,5,13,15,17,20-24,33H,4,6-12,14,16H2,1-2H3;13-18,24H,3-12H2,1-2H3/t2*17-,20+,21-,22-,23+,24-,27-,28+;13-,14+,15-,16-,17+,18-,20-,21+/m111/s1. The van der Waals surface area contributed by atoms with Gasteiger partial charge in [0.1, 0.15) is 24.0 Å². The van der Waals surface area contributed by atoms with Crippen LogP contribution in [0, 0.1) is 134 Å². The molecule has 4 aromatic rings. The fourth-order valence-electron chi connectivity index (χ4n) is 25.7. The van der Waals surface area contributed by atoms with Crippen molar-refractivity contribution in [3.8, 4) is 0 Å². The number of ketones is 3. The molecule has 12 aliphatic carbocycles. The van der Waals surface area contributed by atoms with E-state index in [1.54, 1.807) is 27.7 Å². The van der Waals surface area contributed by atoms with E-state index >= 15 is 0 Å². The number of benzene rings is 2. The Morgan fingerprint density at radius 2 is 0.878 bits per heavy atom. The van der Waals surface area contributed by atoms with E-state index in [-0.39, 0.29) is 58.6 Å². The van der Waals surface area contributed by atoms with Gasteiger partial charge in [0.25, 0.3) is 0 Å². The van der Waals surface area contributed by atoms with Crippen LogP contribution in [0.25, 0.3) is 21.8 Å². The molecule has 12 aliphatic rings. The third-order valence-electron chi connectivity index (χ3n) is 29.8. The minimum atomic E-state index is -0.471. The highest BCUT2D eigenvalue weighted by molar-refractivity contribution is 9.09. The van der Waals surface area contributed by atoms with Gasteiger partial charge in [0.05, 0.1) is 45.9 Å². The van der Waals surface area contributed by atoms with Gasteiger partial charge in [-0.2, -0.15) is 10.2 Å². The molecule has 2 aromatic heterocycles. The summed E-state index contributed by atoms with van der Waals surface area (Å²) in [6.07, 6.45) is 34.8. The molecule has 0 amide bonds. The Balaban J connectivity index is 0.000000120. The van der Waals surface area contributed by atoms with Gasteiger partial charge in [0, 0.05) is 40.8 Å². The van der Waals surface area contributed by atoms with Crippen molar-refractivity contribution in [2.75, 3.05) is 5.33 Å². The zero-order valence-electron chi connectivity index (χ0n) is 55.2. The zero-order valence-corrected chi connectivity index (χ0v) is 56.8. The molecule has 90 heavy (non-hydrogen) atoms. The van der Waals surface area contributed by atoms with Crippen LogP contribution < -0.4 is 0 Å². The van der Waals surface area contributed by atoms with Crippen molar-refractivity contribution >= 4 is 55.1 Å². The predicted octanol–water partition coefficient (Wildman–Crippen LogP) is 16.5. The molecule has 0 saturated heterocycles. The lowest BCUT2D eigenvalue weighted by atomic mass is 9.49. The smallest absolute Gasteiger partial charge is 0.157 e. The van der Waals surface area contributed by atoms with Gasteiger partial charge < -0.3 is 15.3 Å². The summed E-state index contributed by atoms with van der Waals surface area (Å²) in [4.78, 5) is 39.6. The van der Waals surface area contributed by atoms with E-state index in [4.69, 9.17) is 0 Å². The van der Waals surface area contributed by atoms with Crippen molar-refractivity contribution in [2.45, 2.75) is 245 Å². The quantitative estimate of drug-likeness (QED) is 0.148. The number of aromatic nitrogens is 4. The van der Waals surface area contributed by atoms with Crippen LogP contribution in [-0.2, 0) is 27.5 Å². The van der Waals surface area contributed by atoms with Crippen LogP contribution in [-0.4, -0.2) is 74.4 Å². The number of nitrogens with zero attached hydrogens (tertiary/aromatic N) is 4. The van der Waals surface area contributed by atoms with Gasteiger partial charge in [-0.1, -0.05) is 36.7 Å². The second-order valence-corrected chi connectivity index (χ2v) is 35.2. The van der Waals surface area contributed by atoms with Crippen LogP contribution >= 0.6 is 15.9 Å². The number of hydrogen-bond donors (Lipinski definition) is 3. The summed E-state index contributed by atoms with van der Waals surface area (Å²) in [7, 11) is 0. The molecule has 16 rings (SSSR count). The average Bonchev–Trinajstić information content (AvgIpc) is 1.46. The third-order valence-corrected chi connectivity index (χ3v) is 30.3. The monoisotopic (exact) mass is 1300 g/mol. The zero-order chi connectivity index (χ0) is 63.0. The third kappa shape index (κ3) is 11.5. The second-order valence-electron chi connectivity index (χ2n) is 34.6. The van der Waals surface area contributed by atoms with Crippen molar-refractivity contribution in [1.82, 2.24) is 19.6 Å². The van der Waals surface area contributed by atoms with E-state index in [0.29, 0.717) is 57.5 Å². The number of hydrogen-bond acceptors (Lipinski definition) is 8. The number of aliphatic hydroxyl groups is 3. The highest BCUT2D eigenvalue weighted by atomic mass is 79.9. The lowest BCUT2D eigenvalue weighted by Crippen LogP contribution is -2.51. The van der Waals surface area contributed by atoms with Gasteiger partial charge in [0.15, 0.2) is 11.6 Å². The molecular weight excluding hydrogens is 1190 g/mol. The second kappa shape index (κ2) is 24.1. The first-order valence-corrected chi connectivity index (χ1v) is 37.5. The Bertz CT molecular complexity index is 3330. The van der Waals surface area contributed by atoms with Crippen molar-refractivity contribution in [1.29, 1.82) is 0 Å². The first-order valence-electron chi connectivity index (χ1n) is 36.4. The maximum Gasteiger partial charge on any atom is 0.157 e. The molecule has 10 nitrogen and oxygen atoms in total. The van der Waals surface area contributed by atoms with Crippen LogP contribution in [0.2, 0.25) is 0 Å². The average molecular weight is 1300 g/mol. The van der Waals surface area contributed by atoms with Gasteiger partial charge in [-0.25, -0.2) is 8.78 Å². The molecule has 12 saturated carbocycles. The molecule has 2 heterocycles. The number of carbonyl (C=O) groups is 3. The molecule has 12 fully saturated rings. The minimum Gasteiger partial charge on any atom is -0.390 e. The highest BCUT2D eigenvalue weighted by Crippen LogP contribution is 2.68. The van der Waals surface area contributed by atoms with Gasteiger partial charge in [-0.3, -0.25) is 23.7 Å². The Hall–Kier alpha value is -3.39. The highest BCUT2D eigenvalue weighted by Gasteiger charge is 2.62. The van der Waals surface area contributed by atoms with E-state index in [2.05, 4.69) is 46.9 Å². The van der Waals surface area contributed by atoms with Crippen LogP contribution in [0.4, 0.5) is 8.78 Å². The molecule has 0 spiro atoms. The first kappa shape index (κ1) is 64.0. The number of rotatable bonds is 8. The summed E-state index contributed by atoms with van der Waals surface area (Å²) in [6.45, 7) is 13.9. The van der Waals surface area contributed by atoms with Crippen molar-refractivity contribution in [2.24, 2.45) is 123 Å². The topological polar surface area (TPSA) is 148 Å². The molecule has 0 bridgehead atoms. The van der Waals surface area contributed by atoms with Gasteiger partial charge >= 0.3 is 0 Å². The summed E-state index contributed by atoms with van der Waals surface area (Å²) < 4.78 is 30.7. The maximum absolute atomic E-state index is 13.8. The molecular formula is C77H107BrF2N4O6. The minimum absolute atomic E-state index is 0.0828. The summed E-state index contributed by atoms with van der Waals surface area (Å²) in [5.74, 6) is 12.3. The fraction of sp³-hybridized carbons (Fsp3) is 0.779. The molecule has 0 aliphatic heterocycles. The lowest BCUT2D eigenvalue weighted by molar-refractivity contribution is -0.133. The molecule has 2 aromatic carbocycles. The van der Waals surface area contributed by atoms with Crippen LogP contribution in [0.1, 0.15) is 215 Å². The molecule has 0 unspecified atom stereocenters. The molecule has 492 valence electrons. The van der Waals surface area contributed by atoms with Crippen LogP contribution in [0.5, 0.6) is 0 Å². The Morgan fingerprint density at radius 3 is 1.32 bits per heavy atom. The van der Waals surface area contributed by atoms with Gasteiger partial charge in [-0.05, 0) is 329 Å². The summed E-state index contributed by atoms with van der Waals surface area (Å²) in [5, 5.41) is 42.9. The summed E-state index contributed by atoms with van der Waals surface area (Å²) in [5.41, 5.74) is 0.410.